The SMILES string of the molecule is CCCNc1ncc(Br)c(N(C)CC(=O)NCCOC)n1. The van der Waals surface area contributed by atoms with Crippen molar-refractivity contribution < 1.29 is 9.53 Å². The summed E-state index contributed by atoms with van der Waals surface area (Å²) in [6.07, 6.45) is 2.67. The molecule has 21 heavy (non-hydrogen) atoms. The highest BCUT2D eigenvalue weighted by molar-refractivity contribution is 9.10. The number of methoxy groups -OCH3 is 1. The molecule has 1 heterocycles. The number of ether oxygens (including phenoxy) is 1. The third-order valence-corrected chi connectivity index (χ3v) is 3.19. The lowest BCUT2D eigenvalue weighted by Gasteiger charge is -2.19. The van der Waals surface area contributed by atoms with Crippen LogP contribution in [0.1, 0.15) is 13.3 Å². The van der Waals surface area contributed by atoms with Crippen LogP contribution in [0.3, 0.4) is 0 Å². The van der Waals surface area contributed by atoms with E-state index in [9.17, 15) is 4.79 Å². The van der Waals surface area contributed by atoms with Crippen LogP contribution in [0, 0.1) is 0 Å². The second-order valence-corrected chi connectivity index (χ2v) is 5.35. The Balaban J connectivity index is 2.63. The number of hydrogen-bond acceptors (Lipinski definition) is 6. The number of anilines is 2. The maximum atomic E-state index is 11.8. The zero-order valence-corrected chi connectivity index (χ0v) is 14.2. The Labute approximate surface area is 133 Å². The van der Waals surface area contributed by atoms with E-state index in [2.05, 4.69) is 43.5 Å². The minimum atomic E-state index is -0.0804. The molecule has 0 aliphatic carbocycles. The van der Waals surface area contributed by atoms with Gasteiger partial charge in [-0.25, -0.2) is 4.98 Å². The number of carbonyl (C=O) groups excluding carboxylic acids is 1. The lowest BCUT2D eigenvalue weighted by atomic mass is 10.4. The van der Waals surface area contributed by atoms with Gasteiger partial charge in [-0.15, -0.1) is 0 Å². The number of nitrogens with one attached hydrogen (secondary N) is 2. The van der Waals surface area contributed by atoms with Crippen LogP contribution in [0.2, 0.25) is 0 Å². The first kappa shape index (κ1) is 17.6. The molecule has 0 saturated heterocycles. The number of nitrogens with zero attached hydrogens (tertiary/aromatic N) is 3. The number of amides is 1. The second-order valence-electron chi connectivity index (χ2n) is 4.49. The molecule has 0 atom stereocenters. The molecule has 0 spiro atoms. The first-order valence-corrected chi connectivity index (χ1v) is 7.61. The summed E-state index contributed by atoms with van der Waals surface area (Å²) in [5.74, 6) is 1.15. The van der Waals surface area contributed by atoms with Crippen LogP contribution in [0.25, 0.3) is 0 Å². The summed E-state index contributed by atoms with van der Waals surface area (Å²) in [4.78, 5) is 22.2. The normalized spacial score (nSPS) is 10.3. The number of rotatable bonds is 9. The molecule has 0 saturated carbocycles. The highest BCUT2D eigenvalue weighted by Gasteiger charge is 2.13. The summed E-state index contributed by atoms with van der Waals surface area (Å²) in [5.41, 5.74) is 0. The average Bonchev–Trinajstić information content (AvgIpc) is 2.46. The lowest BCUT2D eigenvalue weighted by Crippen LogP contribution is -2.37. The summed E-state index contributed by atoms with van der Waals surface area (Å²) in [6, 6.07) is 0. The maximum Gasteiger partial charge on any atom is 0.239 e. The largest absolute Gasteiger partial charge is 0.383 e. The van der Waals surface area contributed by atoms with Gasteiger partial charge in [-0.2, -0.15) is 4.98 Å². The van der Waals surface area contributed by atoms with E-state index in [1.807, 2.05) is 7.05 Å². The monoisotopic (exact) mass is 359 g/mol. The molecule has 1 amide bonds. The van der Waals surface area contributed by atoms with E-state index in [1.165, 1.54) is 0 Å². The number of aromatic nitrogens is 2. The molecular formula is C13H22BrN5O2. The summed E-state index contributed by atoms with van der Waals surface area (Å²) in [6.45, 7) is 4.09. The third kappa shape index (κ3) is 6.26. The van der Waals surface area contributed by atoms with Gasteiger partial charge >= 0.3 is 0 Å². The minimum absolute atomic E-state index is 0.0804. The van der Waals surface area contributed by atoms with E-state index in [0.29, 0.717) is 24.9 Å². The van der Waals surface area contributed by atoms with Crippen molar-refractivity contribution in [3.63, 3.8) is 0 Å². The molecule has 0 aliphatic rings. The van der Waals surface area contributed by atoms with Crippen LogP contribution >= 0.6 is 15.9 Å². The standard InChI is InChI=1S/C13H22BrN5O2/c1-4-5-16-13-17-8-10(14)12(18-13)19(2)9-11(20)15-6-7-21-3/h8H,4-7,9H2,1-3H3,(H,15,20)(H,16,17,18). The Morgan fingerprint density at radius 1 is 1.48 bits per heavy atom. The molecule has 2 N–H and O–H groups in total. The van der Waals surface area contributed by atoms with Crippen LogP contribution in [0.5, 0.6) is 0 Å². The van der Waals surface area contributed by atoms with Gasteiger partial charge in [0, 0.05) is 33.4 Å². The zero-order chi connectivity index (χ0) is 15.7. The molecule has 1 aromatic heterocycles. The fourth-order valence-electron chi connectivity index (χ4n) is 1.59. The van der Waals surface area contributed by atoms with Gasteiger partial charge in [-0.05, 0) is 22.4 Å². The van der Waals surface area contributed by atoms with E-state index in [1.54, 1.807) is 18.2 Å². The predicted molar refractivity (Wildman–Crippen MR) is 86.7 cm³/mol. The molecule has 0 bridgehead atoms. The fourth-order valence-corrected chi connectivity index (χ4v) is 2.08. The first-order valence-electron chi connectivity index (χ1n) is 6.81. The highest BCUT2D eigenvalue weighted by atomic mass is 79.9. The lowest BCUT2D eigenvalue weighted by molar-refractivity contribution is -0.119. The van der Waals surface area contributed by atoms with Gasteiger partial charge in [0.15, 0.2) is 0 Å². The molecule has 8 heteroatoms. The number of halogens is 1. The molecular weight excluding hydrogens is 338 g/mol. The molecule has 0 fully saturated rings. The van der Waals surface area contributed by atoms with Crippen LogP contribution in [0.15, 0.2) is 10.7 Å². The topological polar surface area (TPSA) is 79.4 Å². The molecule has 1 aromatic rings. The van der Waals surface area contributed by atoms with E-state index >= 15 is 0 Å². The zero-order valence-electron chi connectivity index (χ0n) is 12.6. The Hall–Kier alpha value is -1.41. The van der Waals surface area contributed by atoms with E-state index in [-0.39, 0.29) is 12.5 Å². The molecule has 118 valence electrons. The van der Waals surface area contributed by atoms with Crippen LogP contribution in [-0.4, -0.2) is 56.3 Å². The minimum Gasteiger partial charge on any atom is -0.383 e. The van der Waals surface area contributed by atoms with Crippen LogP contribution in [-0.2, 0) is 9.53 Å². The van der Waals surface area contributed by atoms with Crippen molar-refractivity contribution >= 4 is 33.6 Å². The summed E-state index contributed by atoms with van der Waals surface area (Å²) in [7, 11) is 3.41. The summed E-state index contributed by atoms with van der Waals surface area (Å²) in [5, 5.41) is 5.90. The van der Waals surface area contributed by atoms with Gasteiger partial charge in [0.05, 0.1) is 17.6 Å². The van der Waals surface area contributed by atoms with Crippen molar-refractivity contribution in [2.45, 2.75) is 13.3 Å². The van der Waals surface area contributed by atoms with Crippen molar-refractivity contribution in [3.05, 3.63) is 10.7 Å². The van der Waals surface area contributed by atoms with E-state index in [0.717, 1.165) is 17.4 Å². The molecule has 7 nitrogen and oxygen atoms in total. The number of likely N-dealkylation sites (N-methyl/N-ethyl adjacent to an activating group) is 1. The van der Waals surface area contributed by atoms with Gasteiger partial charge in [-0.3, -0.25) is 4.79 Å². The van der Waals surface area contributed by atoms with Crippen molar-refractivity contribution in [1.82, 2.24) is 15.3 Å². The quantitative estimate of drug-likeness (QED) is 0.646. The van der Waals surface area contributed by atoms with Gasteiger partial charge < -0.3 is 20.3 Å². The van der Waals surface area contributed by atoms with E-state index in [4.69, 9.17) is 4.74 Å². The van der Waals surface area contributed by atoms with Crippen LogP contribution in [0.4, 0.5) is 11.8 Å². The first-order chi connectivity index (χ1) is 10.1. The van der Waals surface area contributed by atoms with Crippen molar-refractivity contribution in [2.75, 3.05) is 50.6 Å². The van der Waals surface area contributed by atoms with Crippen molar-refractivity contribution in [2.24, 2.45) is 0 Å². The molecule has 0 radical (unpaired) electrons. The van der Waals surface area contributed by atoms with Gasteiger partial charge in [-0.1, -0.05) is 6.92 Å². The fraction of sp³-hybridized carbons (Fsp3) is 0.615. The summed E-state index contributed by atoms with van der Waals surface area (Å²) < 4.78 is 5.64. The van der Waals surface area contributed by atoms with Gasteiger partial charge in [0.25, 0.3) is 0 Å². The van der Waals surface area contributed by atoms with Gasteiger partial charge in [0.2, 0.25) is 11.9 Å². The molecule has 1 rings (SSSR count). The Kier molecular flexibility index (Phi) is 7.99. The smallest absolute Gasteiger partial charge is 0.239 e. The highest BCUT2D eigenvalue weighted by Crippen LogP contribution is 2.23. The molecule has 0 aliphatic heterocycles. The van der Waals surface area contributed by atoms with Gasteiger partial charge in [0.1, 0.15) is 5.82 Å². The Bertz CT molecular complexity index is 458. The second kappa shape index (κ2) is 9.51. The Morgan fingerprint density at radius 3 is 2.90 bits per heavy atom. The molecule has 0 aromatic carbocycles. The maximum absolute atomic E-state index is 11.8. The summed E-state index contributed by atoms with van der Waals surface area (Å²) >= 11 is 3.41. The van der Waals surface area contributed by atoms with Crippen LogP contribution < -0.4 is 15.5 Å². The Morgan fingerprint density at radius 2 is 2.24 bits per heavy atom. The van der Waals surface area contributed by atoms with E-state index < -0.39 is 0 Å². The molecule has 0 unspecified atom stereocenters. The third-order valence-electron chi connectivity index (χ3n) is 2.63. The average molecular weight is 360 g/mol. The van der Waals surface area contributed by atoms with Crippen molar-refractivity contribution in [3.8, 4) is 0 Å². The predicted octanol–water partition coefficient (Wildman–Crippen LogP) is 1.26. The number of hydrogen-bond donors (Lipinski definition) is 2. The van der Waals surface area contributed by atoms with Crippen molar-refractivity contribution in [1.29, 1.82) is 0 Å². The number of carbonyl (C=O) groups is 1.